The van der Waals surface area contributed by atoms with Crippen LogP contribution in [0.4, 0.5) is 17.2 Å². The highest BCUT2D eigenvalue weighted by molar-refractivity contribution is 8.00. The van der Waals surface area contributed by atoms with Crippen molar-refractivity contribution in [2.75, 3.05) is 36.6 Å². The fourth-order valence-corrected chi connectivity index (χ4v) is 3.97. The van der Waals surface area contributed by atoms with E-state index in [-0.39, 0.29) is 42.6 Å². The molecule has 0 unspecified atom stereocenters. The molecule has 0 radical (unpaired) electrons. The van der Waals surface area contributed by atoms with Crippen LogP contribution in [0.15, 0.2) is 69.1 Å². The number of amides is 1. The number of carbonyl (C=O) groups excluding carboxylic acids is 1. The van der Waals surface area contributed by atoms with E-state index in [1.807, 2.05) is 30.3 Å². The van der Waals surface area contributed by atoms with Gasteiger partial charge in [-0.25, -0.2) is 4.79 Å². The van der Waals surface area contributed by atoms with Gasteiger partial charge in [0.1, 0.15) is 5.82 Å². The highest BCUT2D eigenvalue weighted by atomic mass is 32.2. The minimum Gasteiger partial charge on any atom is -0.383 e. The first-order valence-corrected chi connectivity index (χ1v) is 11.1. The number of carbonyl (C=O) groups is 1. The molecular weight excluding hydrogens is 462 g/mol. The lowest BCUT2D eigenvalue weighted by Crippen LogP contribution is -2.43. The fourth-order valence-electron chi connectivity index (χ4n) is 3.19. The van der Waals surface area contributed by atoms with Crippen molar-refractivity contribution < 1.29 is 14.5 Å². The van der Waals surface area contributed by atoms with Gasteiger partial charge in [0, 0.05) is 30.7 Å². The minimum absolute atomic E-state index is 0.0347. The maximum atomic E-state index is 13.1. The molecule has 1 aromatic heterocycles. The summed E-state index contributed by atoms with van der Waals surface area (Å²) in [4.78, 5) is 52.6. The lowest BCUT2D eigenvalue weighted by Gasteiger charge is -2.24. The smallest absolute Gasteiger partial charge is 0.330 e. The van der Waals surface area contributed by atoms with Crippen molar-refractivity contribution in [3.05, 3.63) is 91.1 Å². The Hall–Kier alpha value is -3.90. The number of benzene rings is 2. The second-order valence-electron chi connectivity index (χ2n) is 7.14. The molecule has 0 saturated carbocycles. The number of aromatic amines is 1. The van der Waals surface area contributed by atoms with Gasteiger partial charge in [0.05, 0.1) is 23.8 Å². The van der Waals surface area contributed by atoms with Gasteiger partial charge in [-0.15, -0.1) is 11.8 Å². The molecule has 0 bridgehead atoms. The Morgan fingerprint density at radius 3 is 2.47 bits per heavy atom. The van der Waals surface area contributed by atoms with E-state index in [2.05, 4.69) is 4.98 Å². The van der Waals surface area contributed by atoms with Crippen LogP contribution < -0.4 is 21.9 Å². The second kappa shape index (κ2) is 11.3. The van der Waals surface area contributed by atoms with Crippen LogP contribution in [0.2, 0.25) is 0 Å². The van der Waals surface area contributed by atoms with E-state index >= 15 is 0 Å². The van der Waals surface area contributed by atoms with Crippen LogP contribution in [0.3, 0.4) is 0 Å². The molecule has 12 heteroatoms. The van der Waals surface area contributed by atoms with Gasteiger partial charge in [-0.05, 0) is 17.7 Å². The van der Waals surface area contributed by atoms with Crippen LogP contribution in [0.1, 0.15) is 5.56 Å². The summed E-state index contributed by atoms with van der Waals surface area (Å²) in [5.74, 6) is -0.650. The number of nitrogen functional groups attached to an aromatic ring is 1. The lowest BCUT2D eigenvalue weighted by molar-refractivity contribution is -0.384. The van der Waals surface area contributed by atoms with E-state index in [4.69, 9.17) is 10.5 Å². The molecule has 1 heterocycles. The van der Waals surface area contributed by atoms with Crippen molar-refractivity contribution in [3.8, 4) is 0 Å². The number of non-ortho nitro benzene ring substituents is 1. The number of methoxy groups -OCH3 is 1. The van der Waals surface area contributed by atoms with Gasteiger partial charge < -0.3 is 15.4 Å². The van der Waals surface area contributed by atoms with Crippen molar-refractivity contribution in [3.63, 3.8) is 0 Å². The number of rotatable bonds is 10. The number of nitrogens with two attached hydrogens (primary N) is 1. The van der Waals surface area contributed by atoms with E-state index in [0.29, 0.717) is 4.90 Å². The van der Waals surface area contributed by atoms with E-state index in [1.54, 1.807) is 0 Å². The van der Waals surface area contributed by atoms with Gasteiger partial charge in [0.25, 0.3) is 11.2 Å². The predicted octanol–water partition coefficient (Wildman–Crippen LogP) is 1.85. The molecular formula is C22H23N5O6S. The van der Waals surface area contributed by atoms with Gasteiger partial charge in [-0.3, -0.25) is 29.3 Å². The summed E-state index contributed by atoms with van der Waals surface area (Å²) in [5, 5.41) is 10.8. The highest BCUT2D eigenvalue weighted by Gasteiger charge is 2.24. The zero-order valence-corrected chi connectivity index (χ0v) is 19.1. The minimum atomic E-state index is -0.781. The van der Waals surface area contributed by atoms with Crippen LogP contribution in [-0.4, -0.2) is 46.4 Å². The molecule has 3 aromatic rings. The summed E-state index contributed by atoms with van der Waals surface area (Å²) >= 11 is 1.15. The first kappa shape index (κ1) is 24.7. The summed E-state index contributed by atoms with van der Waals surface area (Å²) in [5.41, 5.74) is 5.36. The molecule has 0 spiro atoms. The molecule has 3 N–H and O–H groups in total. The van der Waals surface area contributed by atoms with Gasteiger partial charge in [0.2, 0.25) is 5.91 Å². The third-order valence-corrected chi connectivity index (χ3v) is 5.89. The number of nitro groups is 1. The van der Waals surface area contributed by atoms with Crippen LogP contribution in [0.25, 0.3) is 0 Å². The Morgan fingerprint density at radius 1 is 1.18 bits per heavy atom. The van der Waals surface area contributed by atoms with Gasteiger partial charge >= 0.3 is 5.69 Å². The van der Waals surface area contributed by atoms with Crippen molar-refractivity contribution in [2.24, 2.45) is 0 Å². The van der Waals surface area contributed by atoms with Crippen LogP contribution in [-0.2, 0) is 16.1 Å². The third-order valence-electron chi connectivity index (χ3n) is 4.90. The number of H-pyrrole nitrogens is 1. The maximum Gasteiger partial charge on any atom is 0.330 e. The molecule has 0 saturated heterocycles. The average molecular weight is 486 g/mol. The van der Waals surface area contributed by atoms with Crippen LogP contribution >= 0.6 is 11.8 Å². The molecule has 178 valence electrons. The summed E-state index contributed by atoms with van der Waals surface area (Å²) in [6, 6.07) is 14.8. The number of ether oxygens (including phenoxy) is 1. The largest absolute Gasteiger partial charge is 0.383 e. The second-order valence-corrected chi connectivity index (χ2v) is 8.19. The highest BCUT2D eigenvalue weighted by Crippen LogP contribution is 2.24. The van der Waals surface area contributed by atoms with E-state index in [0.717, 1.165) is 17.3 Å². The molecule has 1 amide bonds. The van der Waals surface area contributed by atoms with Gasteiger partial charge in [-0.1, -0.05) is 30.3 Å². The normalized spacial score (nSPS) is 10.7. The topological polar surface area (TPSA) is 154 Å². The number of nitrogens with zero attached hydrogens (tertiary/aromatic N) is 3. The zero-order chi connectivity index (χ0) is 24.7. The summed E-state index contributed by atoms with van der Waals surface area (Å²) in [7, 11) is 1.46. The average Bonchev–Trinajstić information content (AvgIpc) is 2.83. The van der Waals surface area contributed by atoms with Crippen molar-refractivity contribution in [1.82, 2.24) is 9.55 Å². The van der Waals surface area contributed by atoms with Crippen molar-refractivity contribution in [2.45, 2.75) is 11.4 Å². The SMILES string of the molecule is COCCN(C(=O)CSc1ccc([N+](=O)[O-])cc1)c1c(N)n(Cc2ccccc2)c(=O)[nH]c1=O. The first-order chi connectivity index (χ1) is 16.3. The molecule has 0 aliphatic heterocycles. The maximum absolute atomic E-state index is 13.1. The molecule has 3 rings (SSSR count). The van der Waals surface area contributed by atoms with E-state index in [1.165, 1.54) is 40.8 Å². The third kappa shape index (κ3) is 5.91. The van der Waals surface area contributed by atoms with Crippen LogP contribution in [0, 0.1) is 10.1 Å². The van der Waals surface area contributed by atoms with Crippen LogP contribution in [0.5, 0.6) is 0 Å². The zero-order valence-electron chi connectivity index (χ0n) is 18.3. The number of hydrogen-bond acceptors (Lipinski definition) is 8. The monoisotopic (exact) mass is 485 g/mol. The fraction of sp³-hybridized carbons (Fsp3) is 0.227. The van der Waals surface area contributed by atoms with Gasteiger partial charge in [-0.2, -0.15) is 0 Å². The number of nitro benzene ring substituents is 1. The molecule has 0 aliphatic carbocycles. The number of hydrogen-bond donors (Lipinski definition) is 2. The summed E-state index contributed by atoms with van der Waals surface area (Å²) in [6.45, 7) is 0.275. The standard InChI is InChI=1S/C22H23N5O6S/c1-33-12-11-25(18(28)14-34-17-9-7-16(8-10-17)27(31)32)19-20(23)26(22(30)24-21(19)29)13-15-5-3-2-4-6-15/h2-10H,11-14,23H2,1H3,(H,24,29,30). The first-order valence-electron chi connectivity index (χ1n) is 10.1. The number of anilines is 2. The Morgan fingerprint density at radius 2 is 1.85 bits per heavy atom. The molecule has 34 heavy (non-hydrogen) atoms. The molecule has 0 fully saturated rings. The Balaban J connectivity index is 1.89. The van der Waals surface area contributed by atoms with Crippen molar-refractivity contribution >= 4 is 34.9 Å². The Bertz CT molecular complexity index is 1270. The number of thioether (sulfide) groups is 1. The number of nitrogens with one attached hydrogen (secondary N) is 1. The molecule has 2 aromatic carbocycles. The van der Waals surface area contributed by atoms with Crippen molar-refractivity contribution in [1.29, 1.82) is 0 Å². The summed E-state index contributed by atoms with van der Waals surface area (Å²) in [6.07, 6.45) is 0. The van der Waals surface area contributed by atoms with Gasteiger partial charge in [0.15, 0.2) is 5.69 Å². The Labute approximate surface area is 198 Å². The lowest BCUT2D eigenvalue weighted by atomic mass is 10.2. The quantitative estimate of drug-likeness (QED) is 0.251. The molecule has 0 atom stereocenters. The number of aromatic nitrogens is 2. The Kier molecular flexibility index (Phi) is 8.22. The summed E-state index contributed by atoms with van der Waals surface area (Å²) < 4.78 is 6.28. The molecule has 0 aliphatic rings. The predicted molar refractivity (Wildman–Crippen MR) is 129 cm³/mol. The van der Waals surface area contributed by atoms with E-state index < -0.39 is 22.1 Å². The molecule has 11 nitrogen and oxygen atoms in total. The van der Waals surface area contributed by atoms with E-state index in [9.17, 15) is 24.5 Å².